The van der Waals surface area contributed by atoms with E-state index >= 15 is 0 Å². The van der Waals surface area contributed by atoms with E-state index in [-0.39, 0.29) is 23.4 Å². The number of thiophene rings is 1. The number of fused-ring (bicyclic) bond motifs is 2. The summed E-state index contributed by atoms with van der Waals surface area (Å²) < 4.78 is 3.05. The lowest BCUT2D eigenvalue weighted by atomic mass is 10.1. The summed E-state index contributed by atoms with van der Waals surface area (Å²) in [6.07, 6.45) is 2.22. The number of nitriles is 1. The van der Waals surface area contributed by atoms with Crippen molar-refractivity contribution in [3.63, 3.8) is 0 Å². The zero-order valence-electron chi connectivity index (χ0n) is 18.5. The molecule has 35 heavy (non-hydrogen) atoms. The van der Waals surface area contributed by atoms with Crippen molar-refractivity contribution in [1.29, 1.82) is 5.26 Å². The number of nitrogens with zero attached hydrogens (tertiary/aromatic N) is 5. The molecule has 0 atom stereocenters. The van der Waals surface area contributed by atoms with Crippen molar-refractivity contribution in [1.82, 2.24) is 19.1 Å². The molecule has 0 unspecified atom stereocenters. The van der Waals surface area contributed by atoms with Crippen molar-refractivity contribution < 1.29 is 0 Å². The third-order valence-corrected chi connectivity index (χ3v) is 7.96. The van der Waals surface area contributed by atoms with Crippen LogP contribution in [0.2, 0.25) is 0 Å². The average molecular weight is 498 g/mol. The van der Waals surface area contributed by atoms with Crippen LogP contribution < -0.4 is 11.1 Å². The molecule has 0 aliphatic heterocycles. The summed E-state index contributed by atoms with van der Waals surface area (Å²) in [7, 11) is 0. The van der Waals surface area contributed by atoms with Gasteiger partial charge >= 0.3 is 0 Å². The smallest absolute Gasteiger partial charge is 0.267 e. The maximum absolute atomic E-state index is 13.8. The number of benzene rings is 2. The lowest BCUT2D eigenvalue weighted by Crippen LogP contribution is -2.25. The van der Waals surface area contributed by atoms with Crippen LogP contribution in [0.1, 0.15) is 30.1 Å². The molecule has 0 saturated heterocycles. The molecule has 0 N–H and O–H groups in total. The Hall–Kier alpha value is -3.74. The molecule has 9 heteroatoms. The van der Waals surface area contributed by atoms with Crippen molar-refractivity contribution in [2.75, 3.05) is 0 Å². The SMILES string of the molecule is N#CCn1c(CSc2nc3scc(C4CC4)c3c(=O)n2-c2ccccc2)nc2ccccc2c1=O. The van der Waals surface area contributed by atoms with E-state index in [1.165, 1.54) is 27.7 Å². The second kappa shape index (κ2) is 8.80. The van der Waals surface area contributed by atoms with Crippen LogP contribution >= 0.6 is 23.1 Å². The molecular formula is C26H19N5O2S2. The summed E-state index contributed by atoms with van der Waals surface area (Å²) in [4.78, 5) is 37.1. The topological polar surface area (TPSA) is 93.6 Å². The number of rotatable bonds is 6. The molecule has 1 fully saturated rings. The molecule has 3 heterocycles. The molecule has 2 aromatic carbocycles. The maximum atomic E-state index is 13.8. The van der Waals surface area contributed by atoms with Crippen molar-refractivity contribution in [3.8, 4) is 11.8 Å². The van der Waals surface area contributed by atoms with Gasteiger partial charge in [0.2, 0.25) is 0 Å². The van der Waals surface area contributed by atoms with Gasteiger partial charge in [0.1, 0.15) is 17.2 Å². The zero-order valence-corrected chi connectivity index (χ0v) is 20.2. The fourth-order valence-electron chi connectivity index (χ4n) is 4.28. The highest BCUT2D eigenvalue weighted by atomic mass is 32.2. The van der Waals surface area contributed by atoms with Crippen LogP contribution in [-0.2, 0) is 12.3 Å². The maximum Gasteiger partial charge on any atom is 0.267 e. The molecule has 0 spiro atoms. The van der Waals surface area contributed by atoms with Crippen LogP contribution in [-0.4, -0.2) is 19.1 Å². The Morgan fingerprint density at radius 2 is 1.80 bits per heavy atom. The van der Waals surface area contributed by atoms with Crippen LogP contribution in [0.15, 0.2) is 74.7 Å². The minimum absolute atomic E-state index is 0.0762. The Balaban J connectivity index is 1.48. The summed E-state index contributed by atoms with van der Waals surface area (Å²) in [6.45, 7) is -0.0970. The molecule has 172 valence electrons. The molecule has 0 radical (unpaired) electrons. The highest BCUT2D eigenvalue weighted by molar-refractivity contribution is 7.98. The van der Waals surface area contributed by atoms with E-state index in [0.29, 0.717) is 33.2 Å². The van der Waals surface area contributed by atoms with E-state index in [1.54, 1.807) is 22.8 Å². The summed E-state index contributed by atoms with van der Waals surface area (Å²) in [6, 6.07) is 18.7. The van der Waals surface area contributed by atoms with Gasteiger partial charge in [0, 0.05) is 0 Å². The standard InChI is InChI=1S/C26H19N5O2S2/c27-12-13-30-21(28-20-9-5-4-8-18(20)24(30)32)15-35-26-29-23-22(19(14-34-23)16-10-11-16)25(33)31(26)17-6-2-1-3-7-17/h1-9,14,16H,10-11,13,15H2. The van der Waals surface area contributed by atoms with Gasteiger partial charge in [0.25, 0.3) is 11.1 Å². The third kappa shape index (κ3) is 3.85. The van der Waals surface area contributed by atoms with Crippen molar-refractivity contribution in [3.05, 3.63) is 92.1 Å². The summed E-state index contributed by atoms with van der Waals surface area (Å²) >= 11 is 2.84. The Morgan fingerprint density at radius 1 is 1.03 bits per heavy atom. The van der Waals surface area contributed by atoms with Crippen LogP contribution in [0.3, 0.4) is 0 Å². The number of para-hydroxylation sites is 2. The van der Waals surface area contributed by atoms with Gasteiger partial charge in [-0.25, -0.2) is 9.97 Å². The molecule has 6 rings (SSSR count). The van der Waals surface area contributed by atoms with Crippen LogP contribution in [0, 0.1) is 11.3 Å². The number of hydrogen-bond donors (Lipinski definition) is 0. The van der Waals surface area contributed by atoms with Crippen LogP contribution in [0.5, 0.6) is 0 Å². The Kier molecular flexibility index (Phi) is 5.47. The van der Waals surface area contributed by atoms with Crippen LogP contribution in [0.4, 0.5) is 0 Å². The predicted molar refractivity (Wildman–Crippen MR) is 138 cm³/mol. The monoisotopic (exact) mass is 497 g/mol. The zero-order chi connectivity index (χ0) is 23.9. The Morgan fingerprint density at radius 3 is 2.57 bits per heavy atom. The molecule has 7 nitrogen and oxygen atoms in total. The minimum atomic E-state index is -0.246. The molecule has 1 aliphatic carbocycles. The molecule has 1 saturated carbocycles. The van der Waals surface area contributed by atoms with Gasteiger partial charge in [-0.2, -0.15) is 5.26 Å². The van der Waals surface area contributed by atoms with E-state index in [2.05, 4.69) is 16.4 Å². The van der Waals surface area contributed by atoms with Crippen molar-refractivity contribution in [2.24, 2.45) is 0 Å². The lowest BCUT2D eigenvalue weighted by molar-refractivity contribution is 0.728. The first kappa shape index (κ1) is 21.8. The van der Waals surface area contributed by atoms with Crippen molar-refractivity contribution >= 4 is 44.2 Å². The largest absolute Gasteiger partial charge is 0.281 e. The average Bonchev–Trinajstić information content (AvgIpc) is 3.64. The van der Waals surface area contributed by atoms with E-state index in [1.807, 2.05) is 36.4 Å². The van der Waals surface area contributed by atoms with Gasteiger partial charge in [-0.3, -0.25) is 18.7 Å². The first-order valence-corrected chi connectivity index (χ1v) is 13.1. The van der Waals surface area contributed by atoms with Gasteiger partial charge in [-0.1, -0.05) is 42.1 Å². The number of aromatic nitrogens is 4. The fourth-order valence-corrected chi connectivity index (χ4v) is 6.30. The van der Waals surface area contributed by atoms with Gasteiger partial charge < -0.3 is 0 Å². The lowest BCUT2D eigenvalue weighted by Gasteiger charge is -2.14. The highest BCUT2D eigenvalue weighted by Crippen LogP contribution is 2.44. The van der Waals surface area contributed by atoms with Gasteiger partial charge in [0.15, 0.2) is 5.16 Å². The normalized spacial score (nSPS) is 13.3. The van der Waals surface area contributed by atoms with Crippen molar-refractivity contribution in [2.45, 2.75) is 36.2 Å². The van der Waals surface area contributed by atoms with Crippen LogP contribution in [0.25, 0.3) is 26.8 Å². The molecule has 0 amide bonds. The second-order valence-corrected chi connectivity index (χ2v) is 10.2. The summed E-state index contributed by atoms with van der Waals surface area (Å²) in [5.74, 6) is 1.20. The highest BCUT2D eigenvalue weighted by Gasteiger charge is 2.29. The first-order valence-electron chi connectivity index (χ1n) is 11.2. The first-order chi connectivity index (χ1) is 17.2. The quantitative estimate of drug-likeness (QED) is 0.246. The van der Waals surface area contributed by atoms with E-state index < -0.39 is 0 Å². The van der Waals surface area contributed by atoms with E-state index in [9.17, 15) is 14.9 Å². The van der Waals surface area contributed by atoms with Gasteiger partial charge in [-0.05, 0) is 54.0 Å². The van der Waals surface area contributed by atoms with E-state index in [0.717, 1.165) is 28.9 Å². The number of thioether (sulfide) groups is 1. The predicted octanol–water partition coefficient (Wildman–Crippen LogP) is 4.85. The Bertz CT molecular complexity index is 1740. The second-order valence-electron chi connectivity index (χ2n) is 8.40. The minimum Gasteiger partial charge on any atom is -0.281 e. The Labute approximate surface area is 208 Å². The van der Waals surface area contributed by atoms with Gasteiger partial charge in [0.05, 0.1) is 33.8 Å². The molecule has 3 aromatic heterocycles. The molecule has 1 aliphatic rings. The number of hydrogen-bond acceptors (Lipinski definition) is 7. The molecule has 5 aromatic rings. The summed E-state index contributed by atoms with van der Waals surface area (Å²) in [5.41, 5.74) is 2.10. The molecular weight excluding hydrogens is 478 g/mol. The molecule has 0 bridgehead atoms. The fraction of sp³-hybridized carbons (Fsp3) is 0.192. The van der Waals surface area contributed by atoms with Gasteiger partial charge in [-0.15, -0.1) is 11.3 Å². The summed E-state index contributed by atoms with van der Waals surface area (Å²) in [5, 5.41) is 13.1. The third-order valence-electron chi connectivity index (χ3n) is 6.14. The van der Waals surface area contributed by atoms with E-state index in [4.69, 9.17) is 4.98 Å².